The lowest BCUT2D eigenvalue weighted by molar-refractivity contribution is 0.102. The number of aromatic nitrogens is 2. The number of amides is 1. The van der Waals surface area contributed by atoms with Crippen molar-refractivity contribution in [2.75, 3.05) is 11.9 Å². The number of nitrogens with zero attached hydrogens (tertiary/aromatic N) is 2. The average Bonchev–Trinajstić information content (AvgIpc) is 2.81. The van der Waals surface area contributed by atoms with Gasteiger partial charge in [0.25, 0.3) is 5.91 Å². The van der Waals surface area contributed by atoms with Crippen LogP contribution in [-0.4, -0.2) is 22.4 Å². The minimum Gasteiger partial charge on any atom is -0.330 e. The third kappa shape index (κ3) is 3.12. The normalized spacial score (nSPS) is 10.3. The molecule has 0 aliphatic rings. The van der Waals surface area contributed by atoms with E-state index in [9.17, 15) is 4.79 Å². The number of thiazole rings is 1. The van der Waals surface area contributed by atoms with E-state index >= 15 is 0 Å². The number of anilines is 1. The third-order valence-electron chi connectivity index (χ3n) is 2.15. The number of hydrogen-bond acceptors (Lipinski definition) is 5. The number of nitrogens with two attached hydrogens (primary N) is 1. The minimum absolute atomic E-state index is 0.247. The molecule has 0 saturated carbocycles. The van der Waals surface area contributed by atoms with E-state index in [4.69, 9.17) is 5.73 Å². The van der Waals surface area contributed by atoms with Crippen LogP contribution in [0, 0.1) is 0 Å². The van der Waals surface area contributed by atoms with Crippen LogP contribution in [0.4, 0.5) is 5.69 Å². The summed E-state index contributed by atoms with van der Waals surface area (Å²) < 4.78 is 0.593. The van der Waals surface area contributed by atoms with Gasteiger partial charge < -0.3 is 11.1 Å². The molecule has 94 valence electrons. The van der Waals surface area contributed by atoms with E-state index < -0.39 is 0 Å². The predicted molar refractivity (Wildman–Crippen MR) is 74.8 cm³/mol. The van der Waals surface area contributed by atoms with E-state index in [1.807, 2.05) is 0 Å². The van der Waals surface area contributed by atoms with Gasteiger partial charge in [0.1, 0.15) is 10.3 Å². The maximum Gasteiger partial charge on any atom is 0.275 e. The van der Waals surface area contributed by atoms with Crippen molar-refractivity contribution < 1.29 is 4.79 Å². The molecule has 1 amide bonds. The molecule has 0 spiro atoms. The molecule has 2 rings (SSSR count). The summed E-state index contributed by atoms with van der Waals surface area (Å²) in [6.07, 6.45) is 2.33. The van der Waals surface area contributed by atoms with Crippen molar-refractivity contribution in [1.29, 1.82) is 0 Å². The van der Waals surface area contributed by atoms with Crippen LogP contribution in [-0.2, 0) is 6.42 Å². The Morgan fingerprint density at radius 1 is 1.56 bits per heavy atom. The summed E-state index contributed by atoms with van der Waals surface area (Å²) in [5, 5.41) is 5.34. The number of carbonyl (C=O) groups is 1. The van der Waals surface area contributed by atoms with Gasteiger partial charge in [-0.25, -0.2) is 9.97 Å². The molecule has 0 aliphatic heterocycles. The van der Waals surface area contributed by atoms with E-state index in [1.165, 1.54) is 11.3 Å². The summed E-state index contributed by atoms with van der Waals surface area (Å²) >= 11 is 4.71. The Kier molecular flexibility index (Phi) is 4.40. The van der Waals surface area contributed by atoms with E-state index in [0.29, 0.717) is 29.0 Å². The van der Waals surface area contributed by atoms with Gasteiger partial charge >= 0.3 is 0 Å². The number of pyridine rings is 1. The molecule has 0 fully saturated rings. The van der Waals surface area contributed by atoms with Gasteiger partial charge in [0, 0.05) is 18.0 Å². The van der Waals surface area contributed by atoms with Gasteiger partial charge in [-0.15, -0.1) is 11.3 Å². The largest absolute Gasteiger partial charge is 0.330 e. The second kappa shape index (κ2) is 6.03. The summed E-state index contributed by atoms with van der Waals surface area (Å²) in [6.45, 7) is 0.530. The molecule has 0 unspecified atom stereocenters. The monoisotopic (exact) mass is 326 g/mol. The van der Waals surface area contributed by atoms with Gasteiger partial charge in [-0.1, -0.05) is 0 Å². The van der Waals surface area contributed by atoms with Gasteiger partial charge in [0.15, 0.2) is 0 Å². The second-order valence-electron chi connectivity index (χ2n) is 3.46. The van der Waals surface area contributed by atoms with Crippen molar-refractivity contribution >= 4 is 38.9 Å². The fourth-order valence-corrected chi connectivity index (χ4v) is 2.46. The fourth-order valence-electron chi connectivity index (χ4n) is 1.32. The molecule has 0 bridgehead atoms. The molecular weight excluding hydrogens is 316 g/mol. The molecule has 18 heavy (non-hydrogen) atoms. The molecule has 2 aromatic heterocycles. The Bertz CT molecular complexity index is 557. The molecule has 0 aliphatic carbocycles. The maximum atomic E-state index is 11.9. The highest BCUT2D eigenvalue weighted by Crippen LogP contribution is 2.19. The first-order chi connectivity index (χ1) is 8.70. The summed E-state index contributed by atoms with van der Waals surface area (Å²) in [6, 6.07) is 3.52. The highest BCUT2D eigenvalue weighted by molar-refractivity contribution is 9.10. The Balaban J connectivity index is 2.10. The van der Waals surface area contributed by atoms with Gasteiger partial charge in [-0.05, 0) is 34.6 Å². The molecule has 0 saturated heterocycles. The standard InChI is InChI=1S/C11H11BrN4OS/c12-10-7(2-1-5-14-10)16-11(17)8-6-18-9(15-8)3-4-13/h1-2,5-6H,3-4,13H2,(H,16,17). The number of nitrogens with one attached hydrogen (secondary N) is 1. The average molecular weight is 327 g/mol. The summed E-state index contributed by atoms with van der Waals surface area (Å²) in [5.74, 6) is -0.247. The fraction of sp³-hybridized carbons (Fsp3) is 0.182. The topological polar surface area (TPSA) is 80.9 Å². The van der Waals surface area contributed by atoms with Crippen molar-refractivity contribution in [2.24, 2.45) is 5.73 Å². The van der Waals surface area contributed by atoms with E-state index in [-0.39, 0.29) is 5.91 Å². The smallest absolute Gasteiger partial charge is 0.275 e. The summed E-state index contributed by atoms with van der Waals surface area (Å²) in [4.78, 5) is 20.2. The van der Waals surface area contributed by atoms with E-state index in [1.54, 1.807) is 23.7 Å². The SMILES string of the molecule is NCCc1nc(C(=O)Nc2cccnc2Br)cs1. The zero-order valence-corrected chi connectivity index (χ0v) is 11.8. The van der Waals surface area contributed by atoms with Crippen LogP contribution in [0.3, 0.4) is 0 Å². The molecule has 5 nitrogen and oxygen atoms in total. The van der Waals surface area contributed by atoms with Crippen molar-refractivity contribution in [3.05, 3.63) is 39.0 Å². The Morgan fingerprint density at radius 2 is 2.39 bits per heavy atom. The molecule has 2 aromatic rings. The highest BCUT2D eigenvalue weighted by Gasteiger charge is 2.12. The predicted octanol–water partition coefficient (Wildman–Crippen LogP) is 2.05. The number of hydrogen-bond donors (Lipinski definition) is 2. The van der Waals surface area contributed by atoms with Gasteiger partial charge in [0.05, 0.1) is 10.7 Å². The summed E-state index contributed by atoms with van der Waals surface area (Å²) in [7, 11) is 0. The van der Waals surface area contributed by atoms with Gasteiger partial charge in [0.2, 0.25) is 0 Å². The maximum absolute atomic E-state index is 11.9. The first-order valence-electron chi connectivity index (χ1n) is 5.27. The molecule has 3 N–H and O–H groups in total. The van der Waals surface area contributed by atoms with Crippen molar-refractivity contribution in [3.8, 4) is 0 Å². The Morgan fingerprint density at radius 3 is 3.11 bits per heavy atom. The lowest BCUT2D eigenvalue weighted by Gasteiger charge is -2.04. The zero-order valence-electron chi connectivity index (χ0n) is 9.39. The lowest BCUT2D eigenvalue weighted by Crippen LogP contribution is -2.13. The van der Waals surface area contributed by atoms with Crippen molar-refractivity contribution in [3.63, 3.8) is 0 Å². The van der Waals surface area contributed by atoms with Crippen LogP contribution in [0.2, 0.25) is 0 Å². The molecular formula is C11H11BrN4OS. The van der Waals surface area contributed by atoms with Crippen molar-refractivity contribution in [2.45, 2.75) is 6.42 Å². The molecule has 0 radical (unpaired) electrons. The van der Waals surface area contributed by atoms with Crippen LogP contribution in [0.25, 0.3) is 0 Å². The number of rotatable bonds is 4. The lowest BCUT2D eigenvalue weighted by atomic mass is 10.4. The van der Waals surface area contributed by atoms with Gasteiger partial charge in [-0.3, -0.25) is 4.79 Å². The minimum atomic E-state index is -0.247. The Hall–Kier alpha value is -1.31. The first kappa shape index (κ1) is 13.1. The van der Waals surface area contributed by atoms with Crippen LogP contribution >= 0.6 is 27.3 Å². The van der Waals surface area contributed by atoms with Gasteiger partial charge in [-0.2, -0.15) is 0 Å². The van der Waals surface area contributed by atoms with Crippen molar-refractivity contribution in [1.82, 2.24) is 9.97 Å². The summed E-state index contributed by atoms with van der Waals surface area (Å²) in [5.41, 5.74) is 6.46. The number of halogens is 1. The van der Waals surface area contributed by atoms with E-state index in [2.05, 4.69) is 31.2 Å². The van der Waals surface area contributed by atoms with E-state index in [0.717, 1.165) is 5.01 Å². The molecule has 7 heteroatoms. The quantitative estimate of drug-likeness (QED) is 0.842. The zero-order chi connectivity index (χ0) is 13.0. The highest BCUT2D eigenvalue weighted by atomic mass is 79.9. The van der Waals surface area contributed by atoms with Crippen LogP contribution in [0.1, 0.15) is 15.5 Å². The first-order valence-corrected chi connectivity index (χ1v) is 6.94. The second-order valence-corrected chi connectivity index (χ2v) is 5.15. The van der Waals surface area contributed by atoms with Crippen LogP contribution in [0.5, 0.6) is 0 Å². The third-order valence-corrected chi connectivity index (χ3v) is 3.69. The van der Waals surface area contributed by atoms with Crippen LogP contribution in [0.15, 0.2) is 28.3 Å². The molecule has 0 atom stereocenters. The Labute approximate surface area is 117 Å². The molecule has 2 heterocycles. The number of carbonyl (C=O) groups excluding carboxylic acids is 1. The van der Waals surface area contributed by atoms with Crippen LogP contribution < -0.4 is 11.1 Å². The molecule has 0 aromatic carbocycles.